The van der Waals surface area contributed by atoms with Crippen LogP contribution < -0.4 is 5.32 Å². The monoisotopic (exact) mass is 344 g/mol. The Bertz CT molecular complexity index is 881. The predicted octanol–water partition coefficient (Wildman–Crippen LogP) is 2.33. The Kier molecular flexibility index (Phi) is 4.69. The molecule has 1 aromatic carbocycles. The highest BCUT2D eigenvalue weighted by atomic mass is 32.2. The lowest BCUT2D eigenvalue weighted by atomic mass is 10.0. The molecule has 7 heteroatoms. The van der Waals surface area contributed by atoms with Crippen LogP contribution >= 0.6 is 0 Å². The van der Waals surface area contributed by atoms with Crippen molar-refractivity contribution in [2.24, 2.45) is 0 Å². The fraction of sp³-hybridized carbons (Fsp3) is 0.412. The molecule has 24 heavy (non-hydrogen) atoms. The van der Waals surface area contributed by atoms with E-state index in [1.54, 1.807) is 17.4 Å². The van der Waals surface area contributed by atoms with Crippen molar-refractivity contribution in [1.29, 1.82) is 5.26 Å². The van der Waals surface area contributed by atoms with Crippen molar-refractivity contribution in [3.05, 3.63) is 36.0 Å². The van der Waals surface area contributed by atoms with Gasteiger partial charge in [0.1, 0.15) is 6.07 Å². The lowest BCUT2D eigenvalue weighted by Crippen LogP contribution is -2.43. The second-order valence-corrected chi connectivity index (χ2v) is 8.15. The van der Waals surface area contributed by atoms with Gasteiger partial charge in [0.15, 0.2) is 0 Å². The highest BCUT2D eigenvalue weighted by molar-refractivity contribution is 7.89. The van der Waals surface area contributed by atoms with Crippen molar-refractivity contribution in [1.82, 2.24) is 9.29 Å². The minimum atomic E-state index is -3.12. The average Bonchev–Trinajstić information content (AvgIpc) is 2.62. The molecule has 1 aliphatic heterocycles. The van der Waals surface area contributed by atoms with Crippen LogP contribution in [0, 0.1) is 11.3 Å². The number of nitrogens with zero attached hydrogens (tertiary/aromatic N) is 3. The number of nitriles is 1. The summed E-state index contributed by atoms with van der Waals surface area (Å²) < 4.78 is 25.5. The van der Waals surface area contributed by atoms with Crippen molar-refractivity contribution in [3.8, 4) is 6.07 Å². The van der Waals surface area contributed by atoms with Crippen LogP contribution in [-0.4, -0.2) is 42.6 Å². The topological polar surface area (TPSA) is 86.1 Å². The van der Waals surface area contributed by atoms with Gasteiger partial charge in [0.05, 0.1) is 22.5 Å². The number of hydrogen-bond acceptors (Lipinski definition) is 5. The molecule has 1 fully saturated rings. The van der Waals surface area contributed by atoms with Gasteiger partial charge >= 0.3 is 0 Å². The molecule has 1 N–H and O–H groups in total. The van der Waals surface area contributed by atoms with Crippen LogP contribution in [0.25, 0.3) is 10.9 Å². The van der Waals surface area contributed by atoms with Gasteiger partial charge in [0, 0.05) is 30.7 Å². The first kappa shape index (κ1) is 16.7. The smallest absolute Gasteiger partial charge is 0.213 e. The molecule has 0 radical (unpaired) electrons. The van der Waals surface area contributed by atoms with Crippen LogP contribution in [0.15, 0.2) is 30.5 Å². The Morgan fingerprint density at radius 3 is 2.71 bits per heavy atom. The van der Waals surface area contributed by atoms with Crippen LogP contribution in [0.5, 0.6) is 0 Å². The second-order valence-electron chi connectivity index (χ2n) is 5.89. The zero-order valence-electron chi connectivity index (χ0n) is 13.6. The second kappa shape index (κ2) is 6.75. The van der Waals surface area contributed by atoms with E-state index in [1.807, 2.05) is 24.3 Å². The molecule has 0 atom stereocenters. The van der Waals surface area contributed by atoms with Crippen LogP contribution in [0.4, 0.5) is 5.69 Å². The van der Waals surface area contributed by atoms with E-state index in [0.717, 1.165) is 29.4 Å². The van der Waals surface area contributed by atoms with Crippen molar-refractivity contribution in [2.45, 2.75) is 25.8 Å². The lowest BCUT2D eigenvalue weighted by Gasteiger charge is -2.32. The molecule has 0 bridgehead atoms. The number of sulfonamides is 1. The van der Waals surface area contributed by atoms with E-state index in [0.29, 0.717) is 18.7 Å². The number of anilines is 1. The van der Waals surface area contributed by atoms with Crippen molar-refractivity contribution < 1.29 is 8.42 Å². The molecule has 126 valence electrons. The zero-order chi connectivity index (χ0) is 17.2. The summed E-state index contributed by atoms with van der Waals surface area (Å²) in [7, 11) is -3.12. The molecule has 6 nitrogen and oxygen atoms in total. The molecule has 1 saturated heterocycles. The van der Waals surface area contributed by atoms with Gasteiger partial charge in [-0.25, -0.2) is 12.7 Å². The van der Waals surface area contributed by atoms with E-state index < -0.39 is 10.0 Å². The number of benzene rings is 1. The van der Waals surface area contributed by atoms with E-state index >= 15 is 0 Å². The summed E-state index contributed by atoms with van der Waals surface area (Å²) in [5.41, 5.74) is 2.14. The third-order valence-corrected chi connectivity index (χ3v) is 6.34. The van der Waals surface area contributed by atoms with Gasteiger partial charge in [0.25, 0.3) is 0 Å². The molecular weight excluding hydrogens is 324 g/mol. The Labute approximate surface area is 142 Å². The number of hydrogen-bond donors (Lipinski definition) is 1. The highest BCUT2D eigenvalue weighted by Crippen LogP contribution is 2.28. The number of rotatable bonds is 4. The van der Waals surface area contributed by atoms with Crippen molar-refractivity contribution in [2.75, 3.05) is 24.2 Å². The van der Waals surface area contributed by atoms with Crippen molar-refractivity contribution in [3.63, 3.8) is 0 Å². The molecule has 2 heterocycles. The SMILES string of the molecule is CCS(=O)(=O)N1CCC(Nc2c(C#N)cnc3ccccc23)CC1. The van der Waals surface area contributed by atoms with Crippen LogP contribution in [-0.2, 0) is 10.0 Å². The summed E-state index contributed by atoms with van der Waals surface area (Å²) in [6.07, 6.45) is 3.03. The van der Waals surface area contributed by atoms with E-state index in [2.05, 4.69) is 16.4 Å². The molecule has 0 aliphatic carbocycles. The number of fused-ring (bicyclic) bond motifs is 1. The maximum absolute atomic E-state index is 11.9. The molecule has 0 spiro atoms. The molecular formula is C17H20N4O2S. The van der Waals surface area contributed by atoms with E-state index in [9.17, 15) is 13.7 Å². The Morgan fingerprint density at radius 1 is 1.33 bits per heavy atom. The van der Waals surface area contributed by atoms with Crippen LogP contribution in [0.1, 0.15) is 25.3 Å². The van der Waals surface area contributed by atoms with Gasteiger partial charge in [-0.15, -0.1) is 0 Å². The summed E-state index contributed by atoms with van der Waals surface area (Å²) in [5.74, 6) is 0.138. The predicted molar refractivity (Wildman–Crippen MR) is 94.1 cm³/mol. The van der Waals surface area contributed by atoms with Gasteiger partial charge in [-0.05, 0) is 25.8 Å². The molecule has 0 unspecified atom stereocenters. The summed E-state index contributed by atoms with van der Waals surface area (Å²) in [5, 5.41) is 13.7. The summed E-state index contributed by atoms with van der Waals surface area (Å²) in [4.78, 5) is 4.31. The summed E-state index contributed by atoms with van der Waals surface area (Å²) in [6.45, 7) is 2.69. The Hall–Kier alpha value is -2.17. The third-order valence-electron chi connectivity index (χ3n) is 4.46. The fourth-order valence-electron chi connectivity index (χ4n) is 3.05. The fourth-order valence-corrected chi connectivity index (χ4v) is 4.18. The number of aromatic nitrogens is 1. The Morgan fingerprint density at radius 2 is 2.04 bits per heavy atom. The average molecular weight is 344 g/mol. The minimum Gasteiger partial charge on any atom is -0.381 e. The maximum atomic E-state index is 11.9. The number of nitrogens with one attached hydrogen (secondary N) is 1. The largest absolute Gasteiger partial charge is 0.381 e. The van der Waals surface area contributed by atoms with Crippen LogP contribution in [0.3, 0.4) is 0 Å². The van der Waals surface area contributed by atoms with Gasteiger partial charge in [-0.3, -0.25) is 4.98 Å². The quantitative estimate of drug-likeness (QED) is 0.920. The summed E-state index contributed by atoms with van der Waals surface area (Å²) >= 11 is 0. The number of para-hydroxylation sites is 1. The van der Waals surface area contributed by atoms with Gasteiger partial charge in [-0.1, -0.05) is 18.2 Å². The molecule has 1 aromatic heterocycles. The normalized spacial score (nSPS) is 16.8. The first-order valence-electron chi connectivity index (χ1n) is 8.07. The zero-order valence-corrected chi connectivity index (χ0v) is 14.4. The Balaban J connectivity index is 1.81. The first-order valence-corrected chi connectivity index (χ1v) is 9.68. The molecule has 0 amide bonds. The van der Waals surface area contributed by atoms with Gasteiger partial charge in [-0.2, -0.15) is 5.26 Å². The maximum Gasteiger partial charge on any atom is 0.213 e. The molecule has 2 aromatic rings. The number of pyridine rings is 1. The van der Waals surface area contributed by atoms with Gasteiger partial charge in [0.2, 0.25) is 10.0 Å². The summed E-state index contributed by atoms with van der Waals surface area (Å²) in [6, 6.07) is 10.0. The first-order chi connectivity index (χ1) is 11.5. The van der Waals surface area contributed by atoms with E-state index in [4.69, 9.17) is 0 Å². The third kappa shape index (κ3) is 3.21. The van der Waals surface area contributed by atoms with E-state index in [1.165, 1.54) is 0 Å². The highest BCUT2D eigenvalue weighted by Gasteiger charge is 2.27. The van der Waals surface area contributed by atoms with Crippen LogP contribution in [0.2, 0.25) is 0 Å². The molecule has 3 rings (SSSR count). The van der Waals surface area contributed by atoms with Gasteiger partial charge < -0.3 is 5.32 Å². The van der Waals surface area contributed by atoms with Crippen molar-refractivity contribution >= 4 is 26.6 Å². The standard InChI is InChI=1S/C17H20N4O2S/c1-2-24(22,23)21-9-7-14(8-10-21)20-17-13(11-18)12-19-16-6-4-3-5-15(16)17/h3-6,12,14H,2,7-10H2,1H3,(H,19,20). The molecule has 1 aliphatic rings. The molecule has 0 saturated carbocycles. The number of piperidine rings is 1. The lowest BCUT2D eigenvalue weighted by molar-refractivity contribution is 0.330. The van der Waals surface area contributed by atoms with E-state index in [-0.39, 0.29) is 11.8 Å². The minimum absolute atomic E-state index is 0.138.